The molecule has 2 heterocycles. The van der Waals surface area contributed by atoms with Crippen LogP contribution in [0.15, 0.2) is 33.5 Å². The summed E-state index contributed by atoms with van der Waals surface area (Å²) in [7, 11) is 0. The molecule has 1 aliphatic rings. The van der Waals surface area contributed by atoms with Crippen LogP contribution in [0, 0.1) is 0 Å². The van der Waals surface area contributed by atoms with Gasteiger partial charge in [0.2, 0.25) is 0 Å². The molecule has 0 fully saturated rings. The van der Waals surface area contributed by atoms with Crippen molar-refractivity contribution in [3.05, 3.63) is 45.8 Å². The van der Waals surface area contributed by atoms with Crippen LogP contribution in [0.3, 0.4) is 0 Å². The van der Waals surface area contributed by atoms with Crippen molar-refractivity contribution in [2.24, 2.45) is 0 Å². The molecule has 124 valence electrons. The van der Waals surface area contributed by atoms with Gasteiger partial charge in [-0.05, 0) is 38.1 Å². The van der Waals surface area contributed by atoms with E-state index in [0.717, 1.165) is 43.5 Å². The third-order valence-corrected chi connectivity index (χ3v) is 5.04. The third kappa shape index (κ3) is 3.19. The fourth-order valence-corrected chi connectivity index (χ4v) is 3.76. The maximum absolute atomic E-state index is 12.4. The van der Waals surface area contributed by atoms with E-state index in [9.17, 15) is 4.79 Å². The lowest BCUT2D eigenvalue weighted by Crippen LogP contribution is -2.44. The molecule has 1 aliphatic heterocycles. The molecule has 0 saturated carbocycles. The largest absolute Gasteiger partial charge is 0.422 e. The van der Waals surface area contributed by atoms with Crippen molar-refractivity contribution in [1.82, 2.24) is 9.80 Å². The first-order valence-corrected chi connectivity index (χ1v) is 8.64. The molecule has 4 heteroatoms. The van der Waals surface area contributed by atoms with Gasteiger partial charge < -0.3 is 4.42 Å². The van der Waals surface area contributed by atoms with Gasteiger partial charge in [0.1, 0.15) is 5.58 Å². The summed E-state index contributed by atoms with van der Waals surface area (Å²) in [5.74, 6) is 0. The average Bonchev–Trinajstić information content (AvgIpc) is 2.56. The van der Waals surface area contributed by atoms with E-state index in [1.807, 2.05) is 18.2 Å². The number of para-hydroxylation sites is 1. The molecule has 0 aliphatic carbocycles. The van der Waals surface area contributed by atoms with Gasteiger partial charge in [0.15, 0.2) is 0 Å². The number of benzene rings is 1. The van der Waals surface area contributed by atoms with Crippen molar-refractivity contribution in [3.8, 4) is 0 Å². The van der Waals surface area contributed by atoms with Gasteiger partial charge in [0.05, 0.1) is 5.56 Å². The minimum Gasteiger partial charge on any atom is -0.422 e. The van der Waals surface area contributed by atoms with Crippen molar-refractivity contribution in [3.63, 3.8) is 0 Å². The summed E-state index contributed by atoms with van der Waals surface area (Å²) < 4.78 is 5.51. The van der Waals surface area contributed by atoms with Crippen LogP contribution in [-0.2, 0) is 13.0 Å². The molecule has 0 amide bonds. The van der Waals surface area contributed by atoms with Crippen LogP contribution in [0.1, 0.15) is 31.9 Å². The Hall–Kier alpha value is -1.65. The molecule has 1 atom stereocenters. The number of hydrogen-bond donors (Lipinski definition) is 0. The molecule has 1 aromatic carbocycles. The zero-order valence-electron chi connectivity index (χ0n) is 14.3. The first-order chi connectivity index (χ1) is 11.1. The van der Waals surface area contributed by atoms with E-state index in [1.54, 1.807) is 0 Å². The van der Waals surface area contributed by atoms with Crippen LogP contribution in [0.5, 0.6) is 0 Å². The summed E-state index contributed by atoms with van der Waals surface area (Å²) in [4.78, 5) is 17.2. The second-order valence-electron chi connectivity index (χ2n) is 6.40. The number of likely N-dealkylation sites (N-methyl/N-ethyl adjacent to an activating group) is 1. The SMILES string of the molecule is CCN(CC)C(C)CN1CCc2c(c(=O)oc3ccccc23)C1. The van der Waals surface area contributed by atoms with Crippen molar-refractivity contribution in [2.75, 3.05) is 26.2 Å². The lowest BCUT2D eigenvalue weighted by atomic mass is 9.97. The Bertz CT molecular complexity index is 734. The summed E-state index contributed by atoms with van der Waals surface area (Å²) in [6.45, 7) is 11.5. The fourth-order valence-electron chi connectivity index (χ4n) is 3.76. The van der Waals surface area contributed by atoms with Crippen LogP contribution in [0.4, 0.5) is 0 Å². The van der Waals surface area contributed by atoms with Gasteiger partial charge >= 0.3 is 5.63 Å². The van der Waals surface area contributed by atoms with Crippen LogP contribution in [-0.4, -0.2) is 42.0 Å². The van der Waals surface area contributed by atoms with Crippen molar-refractivity contribution >= 4 is 11.0 Å². The zero-order valence-corrected chi connectivity index (χ0v) is 14.3. The normalized spacial score (nSPS) is 16.7. The maximum Gasteiger partial charge on any atom is 0.341 e. The van der Waals surface area contributed by atoms with Crippen LogP contribution < -0.4 is 5.63 Å². The lowest BCUT2D eigenvalue weighted by Gasteiger charge is -2.34. The van der Waals surface area contributed by atoms with Gasteiger partial charge in [-0.25, -0.2) is 4.79 Å². The molecule has 3 rings (SSSR count). The highest BCUT2D eigenvalue weighted by Crippen LogP contribution is 2.25. The van der Waals surface area contributed by atoms with E-state index in [1.165, 1.54) is 5.56 Å². The van der Waals surface area contributed by atoms with E-state index in [-0.39, 0.29) is 5.63 Å². The molecule has 1 aromatic heterocycles. The van der Waals surface area contributed by atoms with Crippen LogP contribution in [0.25, 0.3) is 11.0 Å². The molecule has 1 unspecified atom stereocenters. The molecule has 23 heavy (non-hydrogen) atoms. The van der Waals surface area contributed by atoms with E-state index in [4.69, 9.17) is 4.42 Å². The molecule has 0 N–H and O–H groups in total. The summed E-state index contributed by atoms with van der Waals surface area (Å²) >= 11 is 0. The van der Waals surface area contributed by atoms with Gasteiger partial charge in [0, 0.05) is 31.1 Å². The number of rotatable bonds is 5. The molecule has 2 aromatic rings. The molecule has 0 radical (unpaired) electrons. The Labute approximate surface area is 137 Å². The van der Waals surface area contributed by atoms with Gasteiger partial charge in [-0.3, -0.25) is 9.80 Å². The minimum absolute atomic E-state index is 0.168. The van der Waals surface area contributed by atoms with Gasteiger partial charge in [-0.15, -0.1) is 0 Å². The Morgan fingerprint density at radius 3 is 2.70 bits per heavy atom. The minimum atomic E-state index is -0.168. The Kier molecular flexibility index (Phi) is 4.83. The monoisotopic (exact) mass is 314 g/mol. The molecular formula is C19H26N2O2. The number of hydrogen-bond acceptors (Lipinski definition) is 4. The molecule has 0 spiro atoms. The fraction of sp³-hybridized carbons (Fsp3) is 0.526. The maximum atomic E-state index is 12.4. The summed E-state index contributed by atoms with van der Waals surface area (Å²) in [6.07, 6.45) is 0.923. The Balaban J connectivity index is 1.84. The summed E-state index contributed by atoms with van der Waals surface area (Å²) in [5, 5.41) is 1.10. The van der Waals surface area contributed by atoms with E-state index >= 15 is 0 Å². The predicted octanol–water partition coefficient (Wildman–Crippen LogP) is 2.88. The summed E-state index contributed by atoms with van der Waals surface area (Å²) in [5.41, 5.74) is 2.57. The van der Waals surface area contributed by atoms with Crippen molar-refractivity contribution in [2.45, 2.75) is 39.8 Å². The third-order valence-electron chi connectivity index (χ3n) is 5.04. The first-order valence-electron chi connectivity index (χ1n) is 8.64. The standard InChI is InChI=1S/C19H26N2O2/c1-4-21(5-2)14(3)12-20-11-10-15-16-8-6-7-9-18(16)23-19(22)17(15)13-20/h6-9,14H,4-5,10-13H2,1-3H3. The number of nitrogens with zero attached hydrogens (tertiary/aromatic N) is 2. The highest BCUT2D eigenvalue weighted by atomic mass is 16.4. The highest BCUT2D eigenvalue weighted by Gasteiger charge is 2.24. The van der Waals surface area contributed by atoms with E-state index < -0.39 is 0 Å². The predicted molar refractivity (Wildman–Crippen MR) is 93.8 cm³/mol. The summed E-state index contributed by atoms with van der Waals surface area (Å²) in [6, 6.07) is 8.37. The smallest absolute Gasteiger partial charge is 0.341 e. The average molecular weight is 314 g/mol. The molecular weight excluding hydrogens is 288 g/mol. The highest BCUT2D eigenvalue weighted by molar-refractivity contribution is 5.81. The second-order valence-corrected chi connectivity index (χ2v) is 6.40. The van der Waals surface area contributed by atoms with Gasteiger partial charge in [-0.2, -0.15) is 0 Å². The van der Waals surface area contributed by atoms with Crippen LogP contribution in [0.2, 0.25) is 0 Å². The quantitative estimate of drug-likeness (QED) is 0.795. The van der Waals surface area contributed by atoms with Crippen molar-refractivity contribution < 1.29 is 4.42 Å². The molecule has 0 saturated heterocycles. The lowest BCUT2D eigenvalue weighted by molar-refractivity contribution is 0.149. The topological polar surface area (TPSA) is 36.7 Å². The van der Waals surface area contributed by atoms with Crippen molar-refractivity contribution in [1.29, 1.82) is 0 Å². The number of fused-ring (bicyclic) bond motifs is 3. The van der Waals surface area contributed by atoms with Crippen LogP contribution >= 0.6 is 0 Å². The molecule has 4 nitrogen and oxygen atoms in total. The first kappa shape index (κ1) is 16.2. The van der Waals surface area contributed by atoms with E-state index in [0.29, 0.717) is 18.2 Å². The second kappa shape index (κ2) is 6.85. The van der Waals surface area contributed by atoms with Gasteiger partial charge in [-0.1, -0.05) is 32.0 Å². The van der Waals surface area contributed by atoms with E-state index in [2.05, 4.69) is 36.6 Å². The zero-order chi connectivity index (χ0) is 16.4. The Morgan fingerprint density at radius 1 is 1.22 bits per heavy atom. The molecule has 0 bridgehead atoms. The van der Waals surface area contributed by atoms with Gasteiger partial charge in [0.25, 0.3) is 0 Å². The Morgan fingerprint density at radius 2 is 1.96 bits per heavy atom.